The molecule has 0 aromatic carbocycles. The van der Waals surface area contributed by atoms with Crippen LogP contribution < -0.4 is 5.32 Å². The van der Waals surface area contributed by atoms with E-state index in [1.165, 1.54) is 25.7 Å². The van der Waals surface area contributed by atoms with Gasteiger partial charge in [-0.25, -0.2) is 0 Å². The van der Waals surface area contributed by atoms with Crippen molar-refractivity contribution >= 4 is 0 Å². The lowest BCUT2D eigenvalue weighted by molar-refractivity contribution is -0.0295. The zero-order valence-corrected chi connectivity index (χ0v) is 10.8. The fourth-order valence-corrected chi connectivity index (χ4v) is 2.91. The first-order valence-corrected chi connectivity index (χ1v) is 6.55. The summed E-state index contributed by atoms with van der Waals surface area (Å²) in [6, 6.07) is 0.528. The molecular weight excluding hydrogens is 186 g/mol. The number of rotatable bonds is 6. The van der Waals surface area contributed by atoms with Gasteiger partial charge in [-0.05, 0) is 32.2 Å². The molecule has 0 radical (unpaired) electrons. The number of nitrogens with one attached hydrogen (secondary N) is 1. The second kappa shape index (κ2) is 5.86. The molecule has 0 aromatic heterocycles. The van der Waals surface area contributed by atoms with Gasteiger partial charge in [-0.1, -0.05) is 33.6 Å². The lowest BCUT2D eigenvalue weighted by Gasteiger charge is -2.39. The Labute approximate surface area is 94.8 Å². The summed E-state index contributed by atoms with van der Waals surface area (Å²) < 4.78 is 5.98. The van der Waals surface area contributed by atoms with Gasteiger partial charge in [-0.3, -0.25) is 0 Å². The molecule has 15 heavy (non-hydrogen) atoms. The summed E-state index contributed by atoms with van der Waals surface area (Å²) in [5.41, 5.74) is 0.0761. The van der Waals surface area contributed by atoms with E-state index in [1.54, 1.807) is 0 Å². The van der Waals surface area contributed by atoms with Crippen LogP contribution in [0.4, 0.5) is 0 Å². The third-order valence-corrected chi connectivity index (χ3v) is 3.85. The first kappa shape index (κ1) is 13.0. The highest BCUT2D eigenvalue weighted by molar-refractivity contribution is 4.95. The summed E-state index contributed by atoms with van der Waals surface area (Å²) in [6.07, 6.45) is 4.92. The van der Waals surface area contributed by atoms with Crippen LogP contribution in [0, 0.1) is 5.92 Å². The van der Waals surface area contributed by atoms with Gasteiger partial charge in [-0.2, -0.15) is 0 Å². The molecular formula is C13H27NO. The molecule has 2 heteroatoms. The number of likely N-dealkylation sites (N-methyl/N-ethyl adjacent to an activating group) is 1. The average molecular weight is 213 g/mol. The van der Waals surface area contributed by atoms with Gasteiger partial charge in [0.2, 0.25) is 0 Å². The smallest absolute Gasteiger partial charge is 0.0810 e. The topological polar surface area (TPSA) is 21.3 Å². The predicted octanol–water partition coefficient (Wildman–Crippen LogP) is 2.97. The van der Waals surface area contributed by atoms with Crippen molar-refractivity contribution < 1.29 is 4.74 Å². The minimum absolute atomic E-state index is 0.0761. The van der Waals surface area contributed by atoms with Crippen molar-refractivity contribution in [2.45, 2.75) is 65.0 Å². The van der Waals surface area contributed by atoms with E-state index in [1.807, 2.05) is 0 Å². The van der Waals surface area contributed by atoms with Crippen molar-refractivity contribution in [2.24, 2.45) is 5.92 Å². The van der Waals surface area contributed by atoms with Crippen LogP contribution in [0.1, 0.15) is 53.4 Å². The van der Waals surface area contributed by atoms with Crippen LogP contribution in [0.15, 0.2) is 0 Å². The molecule has 90 valence electrons. The Morgan fingerprint density at radius 3 is 2.33 bits per heavy atom. The molecule has 0 saturated carbocycles. The fourth-order valence-electron chi connectivity index (χ4n) is 2.91. The molecule has 0 aromatic rings. The number of hydrogen-bond donors (Lipinski definition) is 1. The zero-order valence-electron chi connectivity index (χ0n) is 10.8. The minimum Gasteiger partial charge on any atom is -0.374 e. The Morgan fingerprint density at radius 2 is 1.93 bits per heavy atom. The van der Waals surface area contributed by atoms with Gasteiger partial charge in [0.05, 0.1) is 5.60 Å². The maximum absolute atomic E-state index is 5.98. The highest BCUT2D eigenvalue weighted by Crippen LogP contribution is 2.34. The maximum atomic E-state index is 5.98. The molecule has 1 aliphatic heterocycles. The van der Waals surface area contributed by atoms with E-state index in [-0.39, 0.29) is 5.60 Å². The van der Waals surface area contributed by atoms with Crippen LogP contribution in [0.3, 0.4) is 0 Å². The third-order valence-electron chi connectivity index (χ3n) is 3.85. The average Bonchev–Trinajstić information content (AvgIpc) is 2.67. The van der Waals surface area contributed by atoms with Crippen molar-refractivity contribution in [3.05, 3.63) is 0 Å². The molecule has 2 atom stereocenters. The largest absolute Gasteiger partial charge is 0.374 e. The Balaban J connectivity index is 2.70. The molecule has 1 heterocycles. The number of hydrogen-bond acceptors (Lipinski definition) is 2. The van der Waals surface area contributed by atoms with Crippen LogP contribution in [0.5, 0.6) is 0 Å². The Hall–Kier alpha value is -0.0800. The lowest BCUT2D eigenvalue weighted by atomic mass is 9.81. The van der Waals surface area contributed by atoms with E-state index >= 15 is 0 Å². The molecule has 1 saturated heterocycles. The monoisotopic (exact) mass is 213 g/mol. The highest BCUT2D eigenvalue weighted by atomic mass is 16.5. The summed E-state index contributed by atoms with van der Waals surface area (Å²) >= 11 is 0. The minimum atomic E-state index is 0.0761. The van der Waals surface area contributed by atoms with Crippen molar-refractivity contribution in [1.29, 1.82) is 0 Å². The highest BCUT2D eigenvalue weighted by Gasteiger charge is 2.40. The lowest BCUT2D eigenvalue weighted by Crippen LogP contribution is -2.52. The molecule has 1 aliphatic rings. The van der Waals surface area contributed by atoms with Gasteiger partial charge in [0, 0.05) is 12.6 Å². The van der Waals surface area contributed by atoms with Gasteiger partial charge in [0.1, 0.15) is 0 Å². The van der Waals surface area contributed by atoms with Gasteiger partial charge >= 0.3 is 0 Å². The van der Waals surface area contributed by atoms with Crippen molar-refractivity contribution in [3.8, 4) is 0 Å². The molecule has 0 spiro atoms. The van der Waals surface area contributed by atoms with Crippen LogP contribution >= 0.6 is 0 Å². The van der Waals surface area contributed by atoms with E-state index in [0.29, 0.717) is 6.04 Å². The molecule has 1 rings (SSSR count). The second-order valence-corrected chi connectivity index (χ2v) is 4.88. The van der Waals surface area contributed by atoms with Gasteiger partial charge in [0.15, 0.2) is 0 Å². The first-order chi connectivity index (χ1) is 7.18. The van der Waals surface area contributed by atoms with E-state index in [2.05, 4.69) is 33.0 Å². The Morgan fingerprint density at radius 1 is 1.27 bits per heavy atom. The molecule has 0 aliphatic carbocycles. The van der Waals surface area contributed by atoms with Crippen LogP contribution in [0.25, 0.3) is 0 Å². The Kier molecular flexibility index (Phi) is 5.07. The molecule has 0 amide bonds. The molecule has 0 bridgehead atoms. The normalized spacial score (nSPS) is 28.6. The Bertz CT molecular complexity index is 171. The van der Waals surface area contributed by atoms with Crippen molar-refractivity contribution in [1.82, 2.24) is 5.32 Å². The molecule has 2 nitrogen and oxygen atoms in total. The second-order valence-electron chi connectivity index (χ2n) is 4.88. The molecule has 1 N–H and O–H groups in total. The summed E-state index contributed by atoms with van der Waals surface area (Å²) in [5.74, 6) is 0.744. The van der Waals surface area contributed by atoms with E-state index < -0.39 is 0 Å². The summed E-state index contributed by atoms with van der Waals surface area (Å²) in [5, 5.41) is 3.64. The summed E-state index contributed by atoms with van der Waals surface area (Å²) in [7, 11) is 0. The van der Waals surface area contributed by atoms with Gasteiger partial charge in [0.25, 0.3) is 0 Å². The standard InChI is InChI=1S/C13H27NO/c1-5-11(6-2)12(14-7-3)13(4)9-8-10-15-13/h11-12,14H,5-10H2,1-4H3. The van der Waals surface area contributed by atoms with Gasteiger partial charge in [-0.15, -0.1) is 0 Å². The van der Waals surface area contributed by atoms with Crippen LogP contribution in [0.2, 0.25) is 0 Å². The fraction of sp³-hybridized carbons (Fsp3) is 1.00. The summed E-state index contributed by atoms with van der Waals surface area (Å²) in [6.45, 7) is 11.0. The first-order valence-electron chi connectivity index (χ1n) is 6.55. The van der Waals surface area contributed by atoms with Crippen molar-refractivity contribution in [2.75, 3.05) is 13.2 Å². The van der Waals surface area contributed by atoms with Gasteiger partial charge < -0.3 is 10.1 Å². The quantitative estimate of drug-likeness (QED) is 0.732. The number of ether oxygens (including phenoxy) is 1. The van der Waals surface area contributed by atoms with Crippen molar-refractivity contribution in [3.63, 3.8) is 0 Å². The summed E-state index contributed by atoms with van der Waals surface area (Å²) in [4.78, 5) is 0. The maximum Gasteiger partial charge on any atom is 0.0810 e. The SMILES string of the molecule is CCNC(C(CC)CC)C1(C)CCCO1. The molecule has 2 unspecified atom stereocenters. The van der Waals surface area contributed by atoms with E-state index in [4.69, 9.17) is 4.74 Å². The van der Waals surface area contributed by atoms with Crippen LogP contribution in [-0.4, -0.2) is 24.8 Å². The predicted molar refractivity (Wildman–Crippen MR) is 65.1 cm³/mol. The van der Waals surface area contributed by atoms with E-state index in [0.717, 1.165) is 19.1 Å². The zero-order chi connectivity index (χ0) is 11.3. The third kappa shape index (κ3) is 2.94. The van der Waals surface area contributed by atoms with Crippen LogP contribution in [-0.2, 0) is 4.74 Å². The molecule has 1 fully saturated rings. The van der Waals surface area contributed by atoms with E-state index in [9.17, 15) is 0 Å².